The van der Waals surface area contributed by atoms with E-state index in [0.717, 1.165) is 83.5 Å². The molecule has 6 nitrogen and oxygen atoms in total. The highest BCUT2D eigenvalue weighted by Gasteiger charge is 2.19. The molecule has 0 spiro atoms. The number of rotatable bonds is 52. The standard InChI is InChI=1S/C62H108O6/c1-4-7-10-13-16-19-22-25-28-30-31-33-34-37-40-43-46-49-52-55-61(64)67-58-59(57-66-60(63)54-51-48-45-42-39-36-27-24-21-18-15-12-9-6-3)68-62(65)56-53-50-47-44-41-38-35-32-29-26-23-20-17-14-11-8-5-2/h8,11,17,20,24,26-27,29,35,38,44,47,59H,4-7,9-10,12-16,18-19,21-23,25,28,30-34,36-37,39-43,45-46,48-58H2,1-3H3/b11-8-,20-17-,27-24-,29-26-,38-35-,47-44-/t59-/m1/s1. The highest BCUT2D eigenvalue weighted by atomic mass is 16.6. The molecular formula is C62H108O6. The van der Waals surface area contributed by atoms with Crippen LogP contribution in [0.3, 0.4) is 0 Å². The third-order valence-electron chi connectivity index (χ3n) is 12.4. The van der Waals surface area contributed by atoms with Crippen molar-refractivity contribution in [2.75, 3.05) is 13.2 Å². The van der Waals surface area contributed by atoms with Gasteiger partial charge in [0.25, 0.3) is 0 Å². The van der Waals surface area contributed by atoms with Gasteiger partial charge in [-0.15, -0.1) is 0 Å². The zero-order valence-corrected chi connectivity index (χ0v) is 44.9. The Hall–Kier alpha value is -3.15. The van der Waals surface area contributed by atoms with Gasteiger partial charge in [0.15, 0.2) is 6.10 Å². The normalized spacial score (nSPS) is 12.6. The molecule has 0 heterocycles. The smallest absolute Gasteiger partial charge is 0.306 e. The summed E-state index contributed by atoms with van der Waals surface area (Å²) >= 11 is 0. The van der Waals surface area contributed by atoms with Crippen molar-refractivity contribution in [1.29, 1.82) is 0 Å². The van der Waals surface area contributed by atoms with Crippen molar-refractivity contribution in [3.8, 4) is 0 Å². The van der Waals surface area contributed by atoms with Crippen molar-refractivity contribution < 1.29 is 28.6 Å². The van der Waals surface area contributed by atoms with E-state index in [1.165, 1.54) is 154 Å². The van der Waals surface area contributed by atoms with Crippen LogP contribution in [0.2, 0.25) is 0 Å². The van der Waals surface area contributed by atoms with Crippen LogP contribution in [0.25, 0.3) is 0 Å². The fraction of sp³-hybridized carbons (Fsp3) is 0.758. The van der Waals surface area contributed by atoms with Gasteiger partial charge >= 0.3 is 17.9 Å². The number of allylic oxidation sites excluding steroid dienone is 12. The quantitative estimate of drug-likeness (QED) is 0.0262. The molecule has 0 aromatic rings. The lowest BCUT2D eigenvalue weighted by molar-refractivity contribution is -0.167. The van der Waals surface area contributed by atoms with E-state index in [-0.39, 0.29) is 37.5 Å². The minimum atomic E-state index is -0.807. The van der Waals surface area contributed by atoms with Gasteiger partial charge in [-0.1, -0.05) is 254 Å². The van der Waals surface area contributed by atoms with Crippen molar-refractivity contribution in [3.05, 3.63) is 72.9 Å². The van der Waals surface area contributed by atoms with Crippen LogP contribution in [0.1, 0.15) is 284 Å². The summed E-state index contributed by atoms with van der Waals surface area (Å²) < 4.78 is 16.8. The van der Waals surface area contributed by atoms with Crippen molar-refractivity contribution in [2.45, 2.75) is 290 Å². The van der Waals surface area contributed by atoms with Gasteiger partial charge in [-0.3, -0.25) is 14.4 Å². The number of carbonyl (C=O) groups is 3. The third-order valence-corrected chi connectivity index (χ3v) is 12.4. The van der Waals surface area contributed by atoms with E-state index in [0.29, 0.717) is 19.3 Å². The first kappa shape index (κ1) is 64.8. The monoisotopic (exact) mass is 949 g/mol. The summed E-state index contributed by atoms with van der Waals surface area (Å²) in [4.78, 5) is 38.1. The predicted octanol–water partition coefficient (Wildman–Crippen LogP) is 19.4. The Labute approximate surface area is 421 Å². The molecular weight excluding hydrogens is 841 g/mol. The zero-order valence-electron chi connectivity index (χ0n) is 44.9. The summed E-state index contributed by atoms with van der Waals surface area (Å²) in [6.45, 7) is 6.49. The van der Waals surface area contributed by atoms with Crippen molar-refractivity contribution in [1.82, 2.24) is 0 Å². The second-order valence-electron chi connectivity index (χ2n) is 19.2. The van der Waals surface area contributed by atoms with E-state index in [4.69, 9.17) is 14.2 Å². The maximum atomic E-state index is 12.8. The Morgan fingerprint density at radius 1 is 0.309 bits per heavy atom. The van der Waals surface area contributed by atoms with Crippen LogP contribution in [-0.4, -0.2) is 37.2 Å². The Balaban J connectivity index is 4.43. The van der Waals surface area contributed by atoms with Crippen LogP contribution >= 0.6 is 0 Å². The van der Waals surface area contributed by atoms with Gasteiger partial charge in [-0.05, 0) is 83.5 Å². The van der Waals surface area contributed by atoms with Gasteiger partial charge in [0, 0.05) is 19.3 Å². The predicted molar refractivity (Wildman–Crippen MR) is 293 cm³/mol. The molecule has 0 rings (SSSR count). The molecule has 0 amide bonds. The van der Waals surface area contributed by atoms with E-state index in [9.17, 15) is 14.4 Å². The molecule has 0 N–H and O–H groups in total. The first-order chi connectivity index (χ1) is 33.5. The van der Waals surface area contributed by atoms with Crippen molar-refractivity contribution in [2.24, 2.45) is 0 Å². The average Bonchev–Trinajstić information content (AvgIpc) is 3.34. The highest BCUT2D eigenvalue weighted by Crippen LogP contribution is 2.16. The number of ether oxygens (including phenoxy) is 3. The summed E-state index contributed by atoms with van der Waals surface area (Å²) in [5.74, 6) is -0.956. The molecule has 0 saturated carbocycles. The fourth-order valence-electron chi connectivity index (χ4n) is 8.12. The summed E-state index contributed by atoms with van der Waals surface area (Å²) in [7, 11) is 0. The van der Waals surface area contributed by atoms with Crippen LogP contribution in [0.15, 0.2) is 72.9 Å². The second-order valence-corrected chi connectivity index (χ2v) is 19.2. The van der Waals surface area contributed by atoms with E-state index in [1.54, 1.807) is 0 Å². The first-order valence-corrected chi connectivity index (χ1v) is 28.9. The summed E-state index contributed by atoms with van der Waals surface area (Å²) in [6, 6.07) is 0. The summed E-state index contributed by atoms with van der Waals surface area (Å²) in [6.07, 6.45) is 71.9. The Bertz CT molecular complexity index is 1270. The lowest BCUT2D eigenvalue weighted by Crippen LogP contribution is -2.30. The third kappa shape index (κ3) is 53.8. The van der Waals surface area contributed by atoms with Crippen LogP contribution < -0.4 is 0 Å². The molecule has 6 heteroatoms. The van der Waals surface area contributed by atoms with Gasteiger partial charge in [0.05, 0.1) is 0 Å². The summed E-state index contributed by atoms with van der Waals surface area (Å²) in [5, 5.41) is 0. The number of unbranched alkanes of at least 4 members (excludes halogenated alkanes) is 29. The van der Waals surface area contributed by atoms with Crippen LogP contribution in [0, 0.1) is 0 Å². The van der Waals surface area contributed by atoms with E-state index in [2.05, 4.69) is 93.7 Å². The van der Waals surface area contributed by atoms with Gasteiger partial charge in [0.1, 0.15) is 13.2 Å². The molecule has 0 bridgehead atoms. The average molecular weight is 950 g/mol. The van der Waals surface area contributed by atoms with Crippen molar-refractivity contribution >= 4 is 17.9 Å². The molecule has 0 unspecified atom stereocenters. The molecule has 0 aliphatic heterocycles. The van der Waals surface area contributed by atoms with Crippen LogP contribution in [0.5, 0.6) is 0 Å². The Morgan fingerprint density at radius 3 is 0.956 bits per heavy atom. The molecule has 68 heavy (non-hydrogen) atoms. The van der Waals surface area contributed by atoms with E-state index in [1.807, 2.05) is 0 Å². The molecule has 0 aromatic heterocycles. The van der Waals surface area contributed by atoms with Gasteiger partial charge < -0.3 is 14.2 Å². The minimum Gasteiger partial charge on any atom is -0.462 e. The van der Waals surface area contributed by atoms with Crippen LogP contribution in [0.4, 0.5) is 0 Å². The minimum absolute atomic E-state index is 0.0982. The zero-order chi connectivity index (χ0) is 49.3. The second kappa shape index (κ2) is 56.4. The molecule has 0 radical (unpaired) electrons. The molecule has 0 aliphatic rings. The molecule has 0 fully saturated rings. The van der Waals surface area contributed by atoms with Gasteiger partial charge in [0.2, 0.25) is 0 Å². The van der Waals surface area contributed by atoms with Gasteiger partial charge in [-0.25, -0.2) is 0 Å². The number of esters is 3. The van der Waals surface area contributed by atoms with E-state index < -0.39 is 6.10 Å². The Morgan fingerprint density at radius 2 is 0.588 bits per heavy atom. The molecule has 0 aromatic carbocycles. The molecule has 0 aliphatic carbocycles. The topological polar surface area (TPSA) is 78.9 Å². The highest BCUT2D eigenvalue weighted by molar-refractivity contribution is 5.71. The van der Waals surface area contributed by atoms with Crippen molar-refractivity contribution in [3.63, 3.8) is 0 Å². The maximum Gasteiger partial charge on any atom is 0.306 e. The number of hydrogen-bond donors (Lipinski definition) is 0. The fourth-order valence-corrected chi connectivity index (χ4v) is 8.12. The van der Waals surface area contributed by atoms with Crippen LogP contribution in [-0.2, 0) is 28.6 Å². The van der Waals surface area contributed by atoms with E-state index >= 15 is 0 Å². The molecule has 392 valence electrons. The summed E-state index contributed by atoms with van der Waals surface area (Å²) in [5.41, 5.74) is 0. The number of carbonyl (C=O) groups excluding carboxylic acids is 3. The first-order valence-electron chi connectivity index (χ1n) is 28.9. The molecule has 0 saturated heterocycles. The Kier molecular flexibility index (Phi) is 53.8. The number of hydrogen-bond acceptors (Lipinski definition) is 6. The lowest BCUT2D eigenvalue weighted by atomic mass is 10.0. The molecule has 1 atom stereocenters. The largest absolute Gasteiger partial charge is 0.462 e. The maximum absolute atomic E-state index is 12.8. The lowest BCUT2D eigenvalue weighted by Gasteiger charge is -2.18. The van der Waals surface area contributed by atoms with Gasteiger partial charge in [-0.2, -0.15) is 0 Å². The SMILES string of the molecule is CC/C=C\C/C=C\C/C=C\C/C=C\C/C=C\CCCC(=O)O[C@H](COC(=O)CCCCCCC/C=C\CCCCCCC)COC(=O)CCCCCCCCCCCCCCCCCCCCC.